The fourth-order valence-corrected chi connectivity index (χ4v) is 5.18. The number of hydrogen-bond donors (Lipinski definition) is 2. The summed E-state index contributed by atoms with van der Waals surface area (Å²) in [6.07, 6.45) is 0.190. The fraction of sp³-hybridized carbons (Fsp3) is 0.300. The smallest absolute Gasteiger partial charge is 0.225 e. The van der Waals surface area contributed by atoms with Gasteiger partial charge < -0.3 is 15.4 Å². The monoisotopic (exact) mass is 434 g/mol. The van der Waals surface area contributed by atoms with Gasteiger partial charge in [0.1, 0.15) is 5.75 Å². The van der Waals surface area contributed by atoms with Gasteiger partial charge in [0.25, 0.3) is 0 Å². The van der Waals surface area contributed by atoms with Crippen molar-refractivity contribution in [3.63, 3.8) is 0 Å². The van der Waals surface area contributed by atoms with Crippen molar-refractivity contribution >= 4 is 44.8 Å². The molecule has 1 atom stereocenters. The average Bonchev–Trinajstić information content (AvgIpc) is 2.88. The number of methoxy groups -OCH3 is 1. The number of anilines is 2. The molecule has 9 heteroatoms. The lowest BCUT2D eigenvalue weighted by Gasteiger charge is -2.15. The van der Waals surface area contributed by atoms with E-state index in [2.05, 4.69) is 10.6 Å². The standard InChI is InChI=1S/C20H22N2O5S2/c1-13(11-20(24)21-14-3-5-15(27-2)6-4-14)29(25,26)16-7-8-18-17(12-16)22-19(23)9-10-28-18/h3-8,12-13H,9-11H2,1-2H3,(H,21,24)(H,22,23)/t13-/m1/s1. The van der Waals surface area contributed by atoms with E-state index in [1.807, 2.05) is 0 Å². The van der Waals surface area contributed by atoms with Crippen LogP contribution in [0, 0.1) is 0 Å². The Bertz CT molecular complexity index is 1020. The molecule has 0 saturated heterocycles. The summed E-state index contributed by atoms with van der Waals surface area (Å²) in [5.41, 5.74) is 1.05. The Kier molecular flexibility index (Phi) is 6.49. The number of carbonyl (C=O) groups is 2. The molecule has 1 aliphatic rings. The zero-order chi connectivity index (χ0) is 21.0. The van der Waals surface area contributed by atoms with Gasteiger partial charge in [-0.15, -0.1) is 11.8 Å². The number of sulfone groups is 1. The molecule has 0 radical (unpaired) electrons. The van der Waals surface area contributed by atoms with E-state index in [9.17, 15) is 18.0 Å². The van der Waals surface area contributed by atoms with E-state index < -0.39 is 21.0 Å². The number of amides is 2. The van der Waals surface area contributed by atoms with Crippen LogP contribution in [0.1, 0.15) is 19.8 Å². The van der Waals surface area contributed by atoms with E-state index in [4.69, 9.17) is 4.74 Å². The van der Waals surface area contributed by atoms with E-state index in [1.165, 1.54) is 30.8 Å². The van der Waals surface area contributed by atoms with Gasteiger partial charge in [-0.3, -0.25) is 9.59 Å². The maximum Gasteiger partial charge on any atom is 0.225 e. The van der Waals surface area contributed by atoms with Crippen LogP contribution in [0.5, 0.6) is 5.75 Å². The predicted octanol–water partition coefficient (Wildman–Crippen LogP) is 3.32. The van der Waals surface area contributed by atoms with Crippen molar-refractivity contribution in [2.45, 2.75) is 34.8 Å². The summed E-state index contributed by atoms with van der Waals surface area (Å²) >= 11 is 1.50. The Morgan fingerprint density at radius 3 is 2.66 bits per heavy atom. The van der Waals surface area contributed by atoms with Gasteiger partial charge in [0, 0.05) is 29.2 Å². The van der Waals surface area contributed by atoms with E-state index in [-0.39, 0.29) is 17.2 Å². The molecule has 7 nitrogen and oxygen atoms in total. The normalized spacial score (nSPS) is 14.9. The van der Waals surface area contributed by atoms with Gasteiger partial charge in [-0.2, -0.15) is 0 Å². The zero-order valence-electron chi connectivity index (χ0n) is 16.1. The van der Waals surface area contributed by atoms with Crippen LogP contribution < -0.4 is 15.4 Å². The number of hydrogen-bond acceptors (Lipinski definition) is 6. The molecule has 0 aromatic heterocycles. The van der Waals surface area contributed by atoms with Gasteiger partial charge in [0.2, 0.25) is 11.8 Å². The minimum Gasteiger partial charge on any atom is -0.497 e. The lowest BCUT2D eigenvalue weighted by Crippen LogP contribution is -2.25. The molecule has 2 aromatic carbocycles. The van der Waals surface area contributed by atoms with Gasteiger partial charge in [-0.1, -0.05) is 0 Å². The van der Waals surface area contributed by atoms with Crippen LogP contribution in [0.15, 0.2) is 52.3 Å². The molecule has 1 heterocycles. The molecule has 154 valence electrons. The maximum atomic E-state index is 12.9. The molecular weight excluding hydrogens is 412 g/mol. The molecule has 2 N–H and O–H groups in total. The van der Waals surface area contributed by atoms with Crippen molar-refractivity contribution in [1.29, 1.82) is 0 Å². The molecule has 2 amide bonds. The Morgan fingerprint density at radius 2 is 1.97 bits per heavy atom. The minimum atomic E-state index is -3.74. The SMILES string of the molecule is COc1ccc(NC(=O)C[C@@H](C)S(=O)(=O)c2ccc3c(c2)NC(=O)CCS3)cc1. The Morgan fingerprint density at radius 1 is 1.24 bits per heavy atom. The molecule has 0 bridgehead atoms. The summed E-state index contributed by atoms with van der Waals surface area (Å²) in [6, 6.07) is 11.5. The van der Waals surface area contributed by atoms with Gasteiger partial charge in [-0.25, -0.2) is 8.42 Å². The van der Waals surface area contributed by atoms with E-state index >= 15 is 0 Å². The van der Waals surface area contributed by atoms with Crippen molar-refractivity contribution in [3.05, 3.63) is 42.5 Å². The van der Waals surface area contributed by atoms with Crippen LogP contribution in [0.25, 0.3) is 0 Å². The Balaban J connectivity index is 1.71. The highest BCUT2D eigenvalue weighted by Gasteiger charge is 2.27. The van der Waals surface area contributed by atoms with Crippen LogP contribution in [-0.4, -0.2) is 38.3 Å². The van der Waals surface area contributed by atoms with Crippen molar-refractivity contribution in [2.75, 3.05) is 23.5 Å². The van der Waals surface area contributed by atoms with Crippen LogP contribution in [-0.2, 0) is 19.4 Å². The van der Waals surface area contributed by atoms with Crippen LogP contribution in [0.2, 0.25) is 0 Å². The highest BCUT2D eigenvalue weighted by Crippen LogP contribution is 2.33. The van der Waals surface area contributed by atoms with Crippen molar-refractivity contribution in [2.24, 2.45) is 0 Å². The molecule has 1 aliphatic heterocycles. The predicted molar refractivity (Wildman–Crippen MR) is 113 cm³/mol. The first-order valence-corrected chi connectivity index (χ1v) is 11.6. The van der Waals surface area contributed by atoms with Crippen molar-refractivity contribution < 1.29 is 22.7 Å². The zero-order valence-corrected chi connectivity index (χ0v) is 17.7. The van der Waals surface area contributed by atoms with Crippen LogP contribution in [0.4, 0.5) is 11.4 Å². The number of thioether (sulfide) groups is 1. The molecule has 0 aliphatic carbocycles. The van der Waals surface area contributed by atoms with Gasteiger partial charge in [-0.05, 0) is 49.4 Å². The summed E-state index contributed by atoms with van der Waals surface area (Å²) in [6.45, 7) is 1.50. The third-order valence-corrected chi connectivity index (χ3v) is 7.73. The highest BCUT2D eigenvalue weighted by atomic mass is 32.2. The second kappa shape index (κ2) is 8.87. The molecule has 0 saturated carbocycles. The first-order chi connectivity index (χ1) is 13.8. The number of nitrogens with one attached hydrogen (secondary N) is 2. The van der Waals surface area contributed by atoms with Crippen molar-refractivity contribution in [3.8, 4) is 5.75 Å². The molecule has 0 unspecified atom stereocenters. The summed E-state index contributed by atoms with van der Waals surface area (Å²) in [7, 11) is -2.19. The van der Waals surface area contributed by atoms with E-state index in [0.29, 0.717) is 29.3 Å². The van der Waals surface area contributed by atoms with Crippen molar-refractivity contribution in [1.82, 2.24) is 0 Å². The summed E-state index contributed by atoms with van der Waals surface area (Å²) < 4.78 is 30.9. The van der Waals surface area contributed by atoms with E-state index in [0.717, 1.165) is 4.90 Å². The number of carbonyl (C=O) groups excluding carboxylic acids is 2. The lowest BCUT2D eigenvalue weighted by atomic mass is 10.2. The van der Waals surface area contributed by atoms with Crippen LogP contribution >= 0.6 is 11.8 Å². The Hall–Kier alpha value is -2.52. The Labute approximate surface area is 174 Å². The molecule has 3 rings (SSSR count). The highest BCUT2D eigenvalue weighted by molar-refractivity contribution is 7.99. The minimum absolute atomic E-state index is 0.0868. The fourth-order valence-electron chi connectivity index (χ4n) is 2.87. The second-order valence-electron chi connectivity index (χ2n) is 6.64. The molecule has 2 aromatic rings. The summed E-state index contributed by atoms with van der Waals surface area (Å²) in [4.78, 5) is 25.0. The third-order valence-electron chi connectivity index (χ3n) is 4.52. The molecular formula is C20H22N2O5S2. The number of fused-ring (bicyclic) bond motifs is 1. The van der Waals surface area contributed by atoms with Crippen LogP contribution in [0.3, 0.4) is 0 Å². The molecule has 29 heavy (non-hydrogen) atoms. The number of ether oxygens (including phenoxy) is 1. The molecule has 0 fully saturated rings. The average molecular weight is 435 g/mol. The molecule has 0 spiro atoms. The summed E-state index contributed by atoms with van der Waals surface area (Å²) in [5, 5.41) is 4.51. The first kappa shape index (κ1) is 21.2. The lowest BCUT2D eigenvalue weighted by molar-refractivity contribution is -0.116. The summed E-state index contributed by atoms with van der Waals surface area (Å²) in [5.74, 6) is 0.766. The third kappa shape index (κ3) is 5.10. The quantitative estimate of drug-likeness (QED) is 0.723. The van der Waals surface area contributed by atoms with Gasteiger partial charge in [0.15, 0.2) is 9.84 Å². The number of benzene rings is 2. The topological polar surface area (TPSA) is 102 Å². The first-order valence-electron chi connectivity index (χ1n) is 9.04. The number of rotatable bonds is 6. The van der Waals surface area contributed by atoms with Gasteiger partial charge in [0.05, 0.1) is 22.9 Å². The van der Waals surface area contributed by atoms with E-state index in [1.54, 1.807) is 37.4 Å². The largest absolute Gasteiger partial charge is 0.497 e. The second-order valence-corrected chi connectivity index (χ2v) is 10.1. The maximum absolute atomic E-state index is 12.9. The van der Waals surface area contributed by atoms with Gasteiger partial charge >= 0.3 is 0 Å².